The van der Waals surface area contributed by atoms with Gasteiger partial charge in [0.05, 0.1) is 26.4 Å². The first-order valence-electron chi connectivity index (χ1n) is 9.86. The minimum atomic E-state index is -0.828. The van der Waals surface area contributed by atoms with Crippen molar-refractivity contribution in [3.05, 3.63) is 70.9 Å². The van der Waals surface area contributed by atoms with Crippen LogP contribution in [-0.2, 0) is 9.53 Å². The van der Waals surface area contributed by atoms with Crippen molar-refractivity contribution in [1.29, 1.82) is 0 Å². The van der Waals surface area contributed by atoms with Crippen molar-refractivity contribution < 1.29 is 23.8 Å². The molecule has 0 spiro atoms. The number of allylic oxidation sites excluding steroid dienone is 1. The third-order valence-corrected chi connectivity index (χ3v) is 5.01. The number of methoxy groups -OCH3 is 2. The molecule has 1 aliphatic heterocycles. The number of tetrazole rings is 1. The van der Waals surface area contributed by atoms with Gasteiger partial charge in [-0.2, -0.15) is 4.68 Å². The number of nitrogens with zero attached hydrogens (tertiary/aromatic N) is 4. The molecule has 0 bridgehead atoms. The van der Waals surface area contributed by atoms with Gasteiger partial charge in [0.1, 0.15) is 23.2 Å². The summed E-state index contributed by atoms with van der Waals surface area (Å²) in [6.07, 6.45) is 0. The lowest BCUT2D eigenvalue weighted by molar-refractivity contribution is -0.136. The summed E-state index contributed by atoms with van der Waals surface area (Å²) in [5.74, 6) is 0.245. The van der Waals surface area contributed by atoms with Crippen LogP contribution in [0, 0.1) is 0 Å². The predicted octanol–water partition coefficient (Wildman–Crippen LogP) is 2.41. The van der Waals surface area contributed by atoms with E-state index in [0.717, 1.165) is 0 Å². The van der Waals surface area contributed by atoms with E-state index in [1.807, 2.05) is 13.0 Å². The van der Waals surface area contributed by atoms with E-state index in [2.05, 4.69) is 20.8 Å². The highest BCUT2D eigenvalue weighted by Gasteiger charge is 2.39. The van der Waals surface area contributed by atoms with E-state index < -0.39 is 17.8 Å². The SMILES string of the molecule is CCOc1ccc(C(=O)C2=C(C(=O)OC)Nc3nnnn3C2c2ccccc2OC)cc1. The third kappa shape index (κ3) is 3.66. The van der Waals surface area contributed by atoms with E-state index in [1.54, 1.807) is 42.5 Å². The summed E-state index contributed by atoms with van der Waals surface area (Å²) in [6, 6.07) is 13.0. The van der Waals surface area contributed by atoms with Crippen LogP contribution in [0.2, 0.25) is 0 Å². The lowest BCUT2D eigenvalue weighted by atomic mass is 9.89. The number of esters is 1. The molecule has 0 amide bonds. The standard InChI is InChI=1S/C22H21N5O5/c1-4-32-14-11-9-13(10-12-14)20(28)17-18(21(29)31-3)23-22-24-25-26-27(22)19(17)15-7-5-6-8-16(15)30-2/h5-12,19H,4H2,1-3H3,(H,23,24,26). The fraction of sp³-hybridized carbons (Fsp3) is 0.227. The minimum Gasteiger partial charge on any atom is -0.496 e. The fourth-order valence-electron chi connectivity index (χ4n) is 3.59. The Bertz CT molecular complexity index is 1190. The number of ether oxygens (including phenoxy) is 3. The highest BCUT2D eigenvalue weighted by Crippen LogP contribution is 2.40. The van der Waals surface area contributed by atoms with E-state index in [0.29, 0.717) is 29.2 Å². The number of rotatable bonds is 7. The number of hydrogen-bond acceptors (Lipinski definition) is 9. The highest BCUT2D eigenvalue weighted by molar-refractivity contribution is 6.15. The van der Waals surface area contributed by atoms with Gasteiger partial charge in [0, 0.05) is 11.1 Å². The molecular formula is C22H21N5O5. The topological polar surface area (TPSA) is 117 Å². The zero-order valence-electron chi connectivity index (χ0n) is 17.7. The van der Waals surface area contributed by atoms with Gasteiger partial charge in [-0.3, -0.25) is 4.79 Å². The van der Waals surface area contributed by atoms with Crippen LogP contribution in [0.15, 0.2) is 59.8 Å². The average Bonchev–Trinajstić information content (AvgIpc) is 3.31. The summed E-state index contributed by atoms with van der Waals surface area (Å²) in [5, 5.41) is 14.5. The Morgan fingerprint density at radius 2 is 1.84 bits per heavy atom. The van der Waals surface area contributed by atoms with Crippen LogP contribution in [-0.4, -0.2) is 52.8 Å². The first-order valence-corrected chi connectivity index (χ1v) is 9.86. The first kappa shape index (κ1) is 21.0. The number of fused-ring (bicyclic) bond motifs is 1. The number of carbonyl (C=O) groups excluding carboxylic acids is 2. The lowest BCUT2D eigenvalue weighted by Gasteiger charge is -2.29. The maximum absolute atomic E-state index is 13.7. The lowest BCUT2D eigenvalue weighted by Crippen LogP contribution is -2.33. The number of carbonyl (C=O) groups is 2. The Kier molecular flexibility index (Phi) is 5.84. The molecule has 10 nitrogen and oxygen atoms in total. The van der Waals surface area contributed by atoms with Gasteiger partial charge in [0.25, 0.3) is 0 Å². The molecule has 0 radical (unpaired) electrons. The van der Waals surface area contributed by atoms with Crippen LogP contribution in [0.4, 0.5) is 5.95 Å². The van der Waals surface area contributed by atoms with Gasteiger partial charge in [-0.25, -0.2) is 4.79 Å². The minimum absolute atomic E-state index is 0.0374. The molecule has 4 rings (SSSR count). The van der Waals surface area contributed by atoms with Crippen LogP contribution in [0.25, 0.3) is 0 Å². The molecule has 1 N–H and O–H groups in total. The summed E-state index contributed by atoms with van der Waals surface area (Å²) in [7, 11) is 2.77. The van der Waals surface area contributed by atoms with Crippen LogP contribution in [0.3, 0.4) is 0 Å². The molecule has 1 unspecified atom stereocenters. The van der Waals surface area contributed by atoms with Crippen molar-refractivity contribution in [2.75, 3.05) is 26.1 Å². The molecule has 1 aliphatic rings. The third-order valence-electron chi connectivity index (χ3n) is 5.01. The van der Waals surface area contributed by atoms with E-state index in [4.69, 9.17) is 14.2 Å². The number of benzene rings is 2. The summed E-state index contributed by atoms with van der Waals surface area (Å²) >= 11 is 0. The molecule has 1 aromatic heterocycles. The molecule has 0 saturated heterocycles. The molecule has 10 heteroatoms. The number of para-hydroxylation sites is 1. The maximum Gasteiger partial charge on any atom is 0.355 e. The maximum atomic E-state index is 13.7. The monoisotopic (exact) mass is 435 g/mol. The van der Waals surface area contributed by atoms with Gasteiger partial charge in [0.15, 0.2) is 5.78 Å². The Morgan fingerprint density at radius 3 is 2.53 bits per heavy atom. The molecular weight excluding hydrogens is 414 g/mol. The van der Waals surface area contributed by atoms with Crippen molar-refractivity contribution in [2.24, 2.45) is 0 Å². The van der Waals surface area contributed by atoms with Crippen LogP contribution in [0.1, 0.15) is 28.9 Å². The second kappa shape index (κ2) is 8.88. The highest BCUT2D eigenvalue weighted by atomic mass is 16.5. The summed E-state index contributed by atoms with van der Waals surface area (Å²) < 4.78 is 17.4. The van der Waals surface area contributed by atoms with Crippen LogP contribution in [0.5, 0.6) is 11.5 Å². The summed E-state index contributed by atoms with van der Waals surface area (Å²) in [4.78, 5) is 26.4. The largest absolute Gasteiger partial charge is 0.496 e. The van der Waals surface area contributed by atoms with Gasteiger partial charge in [0.2, 0.25) is 5.95 Å². The van der Waals surface area contributed by atoms with Crippen molar-refractivity contribution in [3.8, 4) is 11.5 Å². The van der Waals surface area contributed by atoms with Gasteiger partial charge in [-0.05, 0) is 47.7 Å². The molecule has 2 heterocycles. The summed E-state index contributed by atoms with van der Waals surface area (Å²) in [6.45, 7) is 2.38. The van der Waals surface area contributed by atoms with E-state index >= 15 is 0 Å². The first-order chi connectivity index (χ1) is 15.6. The Labute approximate surface area is 183 Å². The van der Waals surface area contributed by atoms with Crippen molar-refractivity contribution in [2.45, 2.75) is 13.0 Å². The molecule has 2 aromatic carbocycles. The molecule has 1 atom stereocenters. The van der Waals surface area contributed by atoms with Crippen LogP contribution >= 0.6 is 0 Å². The number of nitrogens with one attached hydrogen (secondary N) is 1. The summed E-state index contributed by atoms with van der Waals surface area (Å²) in [5.41, 5.74) is 1.07. The molecule has 0 fully saturated rings. The van der Waals surface area contributed by atoms with Gasteiger partial charge < -0.3 is 19.5 Å². The Hall–Kier alpha value is -4.21. The quantitative estimate of drug-likeness (QED) is 0.441. The second-order valence-electron chi connectivity index (χ2n) is 6.78. The van der Waals surface area contributed by atoms with Gasteiger partial charge in [-0.15, -0.1) is 0 Å². The molecule has 32 heavy (non-hydrogen) atoms. The predicted molar refractivity (Wildman–Crippen MR) is 114 cm³/mol. The van der Waals surface area contributed by atoms with Crippen molar-refractivity contribution in [1.82, 2.24) is 20.2 Å². The van der Waals surface area contributed by atoms with Crippen LogP contribution < -0.4 is 14.8 Å². The van der Waals surface area contributed by atoms with E-state index in [1.165, 1.54) is 18.9 Å². The van der Waals surface area contributed by atoms with Crippen molar-refractivity contribution >= 4 is 17.7 Å². The van der Waals surface area contributed by atoms with Gasteiger partial charge in [-0.1, -0.05) is 23.3 Å². The molecule has 3 aromatic rings. The number of hydrogen-bond donors (Lipinski definition) is 1. The number of anilines is 1. The molecule has 164 valence electrons. The van der Waals surface area contributed by atoms with E-state index in [9.17, 15) is 9.59 Å². The Morgan fingerprint density at radius 1 is 1.09 bits per heavy atom. The zero-order chi connectivity index (χ0) is 22.7. The molecule has 0 saturated carbocycles. The Balaban J connectivity index is 1.91. The molecule has 0 aliphatic carbocycles. The van der Waals surface area contributed by atoms with Gasteiger partial charge >= 0.3 is 5.97 Å². The second-order valence-corrected chi connectivity index (χ2v) is 6.78. The fourth-order valence-corrected chi connectivity index (χ4v) is 3.59. The average molecular weight is 435 g/mol. The number of ketones is 1. The zero-order valence-corrected chi connectivity index (χ0v) is 17.7. The number of aromatic nitrogens is 4. The van der Waals surface area contributed by atoms with Crippen molar-refractivity contribution in [3.63, 3.8) is 0 Å². The normalized spacial score (nSPS) is 14.9. The smallest absolute Gasteiger partial charge is 0.355 e. The number of Topliss-reactive ketones (excluding diaryl/α,β-unsaturated/α-hetero) is 1. The van der Waals surface area contributed by atoms with E-state index in [-0.39, 0.29) is 17.2 Å².